The first-order chi connectivity index (χ1) is 29.9. The summed E-state index contributed by atoms with van der Waals surface area (Å²) in [6, 6.07) is 33.1. The van der Waals surface area contributed by atoms with E-state index < -0.39 is 60.6 Å². The first-order valence-corrected chi connectivity index (χ1v) is 18.2. The van der Waals surface area contributed by atoms with E-state index in [1.807, 2.05) is 0 Å². The average Bonchev–Trinajstić information content (AvgIpc) is 3.26. The number of rotatable bonds is 15. The Morgan fingerprint density at radius 3 is 0.676 bits per heavy atom. The molecule has 0 atom stereocenters. The number of carboxylic acids is 2. The Labute approximate surface area is 520 Å². The summed E-state index contributed by atoms with van der Waals surface area (Å²) in [6.07, 6.45) is -1.08. The average molecular weight is 983 g/mol. The molecule has 2 N–H and O–H groups in total. The van der Waals surface area contributed by atoms with Gasteiger partial charge in [-0.15, -0.1) is 0 Å². The van der Waals surface area contributed by atoms with Crippen molar-refractivity contribution in [1.82, 2.24) is 0 Å². The number of aromatic carboxylic acids is 2. The van der Waals surface area contributed by atoms with Crippen molar-refractivity contribution < 1.29 is 77.0 Å². The van der Waals surface area contributed by atoms with Crippen molar-refractivity contribution >= 4 is 225 Å². The topological polar surface area (TPSA) is 232 Å². The van der Waals surface area contributed by atoms with E-state index in [9.17, 15) is 48.6 Å². The second-order valence-electron chi connectivity index (χ2n) is 12.6. The molecule has 22 heteroatoms. The molecule has 0 aliphatic rings. The van der Waals surface area contributed by atoms with Gasteiger partial charge in [-0.3, -0.25) is 9.59 Å². The standard InChI is InChI=1S/C46H30O16.6Na.6H/c47-39(57-35-21-9-3-15-29(35)43(53)61-37-23-11-5-17-31(37)45(55)59-33-19-7-1-13-27(33)41(49)50)25-26-40(48)58-36-22-10-4-16-30(36)44(54)62-38-24-12-6-18-32(38)46(56)60-34-20-8-2-14-28(34)42(51)52;;;;;;;;;;;;/h1-24H,25-26H2,(H,49,50)(H,51,52);;;;;;;;;;;;. The second kappa shape index (κ2) is 32.1. The van der Waals surface area contributed by atoms with Crippen molar-refractivity contribution in [3.8, 4) is 34.5 Å². The van der Waals surface area contributed by atoms with E-state index in [4.69, 9.17) is 28.4 Å². The van der Waals surface area contributed by atoms with Crippen molar-refractivity contribution in [2.45, 2.75) is 12.8 Å². The number of benzene rings is 6. The van der Waals surface area contributed by atoms with Gasteiger partial charge in [-0.25, -0.2) is 28.8 Å². The number of para-hydroxylation sites is 6. The van der Waals surface area contributed by atoms with E-state index in [1.165, 1.54) is 146 Å². The molecule has 0 saturated carbocycles. The third-order valence-electron chi connectivity index (χ3n) is 8.45. The molecular weight excluding hydrogens is 946 g/mol. The van der Waals surface area contributed by atoms with Gasteiger partial charge in [0.2, 0.25) is 0 Å². The van der Waals surface area contributed by atoms with Crippen molar-refractivity contribution in [2.24, 2.45) is 0 Å². The Hall–Kier alpha value is -2.92. The Morgan fingerprint density at radius 1 is 0.279 bits per heavy atom. The minimum atomic E-state index is -1.33. The van der Waals surface area contributed by atoms with Crippen molar-refractivity contribution in [3.63, 3.8) is 0 Å². The molecule has 0 radical (unpaired) electrons. The van der Waals surface area contributed by atoms with E-state index >= 15 is 0 Å². The van der Waals surface area contributed by atoms with Crippen LogP contribution in [0, 0.1) is 0 Å². The van der Waals surface area contributed by atoms with E-state index in [0.717, 1.165) is 0 Å². The van der Waals surface area contributed by atoms with Crippen LogP contribution in [0.15, 0.2) is 146 Å². The molecule has 0 fully saturated rings. The quantitative estimate of drug-likeness (QED) is 0.0853. The number of carboxylic acid groups (broad SMARTS) is 2. The first kappa shape index (κ1) is 65.1. The molecule has 0 unspecified atom stereocenters. The predicted octanol–water partition coefficient (Wildman–Crippen LogP) is 3.36. The van der Waals surface area contributed by atoms with Gasteiger partial charge in [0.25, 0.3) is 0 Å². The fourth-order valence-electron chi connectivity index (χ4n) is 5.53. The van der Waals surface area contributed by atoms with Crippen molar-refractivity contribution in [3.05, 3.63) is 179 Å². The molecule has 0 aliphatic heterocycles. The first-order valence-electron chi connectivity index (χ1n) is 18.2. The predicted molar refractivity (Wildman–Crippen MR) is 256 cm³/mol. The van der Waals surface area contributed by atoms with Crippen LogP contribution in [-0.4, -0.2) is 235 Å². The molecule has 0 amide bonds. The number of carbonyl (C=O) groups is 8. The maximum atomic E-state index is 13.3. The molecule has 0 spiro atoms. The second-order valence-corrected chi connectivity index (χ2v) is 12.6. The van der Waals surface area contributed by atoms with Gasteiger partial charge in [-0.1, -0.05) is 72.8 Å². The van der Waals surface area contributed by atoms with E-state index in [-0.39, 0.29) is 245 Å². The molecule has 0 saturated heterocycles. The number of esters is 6. The zero-order chi connectivity index (χ0) is 44.2. The Kier molecular flexibility index (Phi) is 30.8. The van der Waals surface area contributed by atoms with E-state index in [1.54, 1.807) is 0 Å². The Bertz CT molecular complexity index is 2580. The van der Waals surface area contributed by atoms with Gasteiger partial charge in [0.1, 0.15) is 67.9 Å². The SMILES string of the molecule is O=C(CCC(=O)Oc1ccccc1C(=O)Oc1ccccc1C(=O)Oc1ccccc1C(=O)O)Oc1ccccc1C(=O)Oc1ccccc1C(=O)Oc1ccccc1C(=O)O.[NaH].[NaH].[NaH].[NaH].[NaH].[NaH]. The Balaban J connectivity index is 0.00000748. The minimum absolute atomic E-state index is 0. The fraction of sp³-hybridized carbons (Fsp3) is 0.0435. The molecule has 0 aromatic heterocycles. The van der Waals surface area contributed by atoms with Gasteiger partial charge in [-0.05, 0) is 72.8 Å². The molecule has 0 heterocycles. The molecule has 16 nitrogen and oxygen atoms in total. The van der Waals surface area contributed by atoms with Crippen molar-refractivity contribution in [2.75, 3.05) is 0 Å². The number of hydrogen-bond donors (Lipinski definition) is 2. The molecular formula is C46H36Na6O16. The summed E-state index contributed by atoms with van der Waals surface area (Å²) in [4.78, 5) is 102. The summed E-state index contributed by atoms with van der Waals surface area (Å²) in [6.45, 7) is 0. The van der Waals surface area contributed by atoms with Gasteiger partial charge in [-0.2, -0.15) is 0 Å². The van der Waals surface area contributed by atoms with Gasteiger partial charge < -0.3 is 38.6 Å². The van der Waals surface area contributed by atoms with Crippen LogP contribution in [-0.2, 0) is 9.59 Å². The van der Waals surface area contributed by atoms with E-state index in [2.05, 4.69) is 0 Å². The van der Waals surface area contributed by atoms with E-state index in [0.29, 0.717) is 0 Å². The maximum absolute atomic E-state index is 13.3. The summed E-state index contributed by atoms with van der Waals surface area (Å²) in [7, 11) is 0. The van der Waals surface area contributed by atoms with Crippen LogP contribution >= 0.6 is 0 Å². The van der Waals surface area contributed by atoms with Crippen LogP contribution in [0.1, 0.15) is 75.0 Å². The summed E-state index contributed by atoms with van der Waals surface area (Å²) < 4.78 is 32.3. The van der Waals surface area contributed by atoms with Gasteiger partial charge >= 0.3 is 225 Å². The molecule has 0 aliphatic carbocycles. The summed E-state index contributed by atoms with van der Waals surface area (Å²) in [5.41, 5.74) is -1.42. The van der Waals surface area contributed by atoms with Crippen LogP contribution in [0.3, 0.4) is 0 Å². The van der Waals surface area contributed by atoms with Crippen LogP contribution in [0.5, 0.6) is 34.5 Å². The molecule has 6 aromatic rings. The summed E-state index contributed by atoms with van der Waals surface area (Å²) in [5, 5.41) is 18.9. The van der Waals surface area contributed by atoms with Crippen LogP contribution in [0.4, 0.5) is 0 Å². The molecule has 322 valence electrons. The number of hydrogen-bond acceptors (Lipinski definition) is 14. The Morgan fingerprint density at radius 2 is 0.456 bits per heavy atom. The van der Waals surface area contributed by atoms with Crippen molar-refractivity contribution in [1.29, 1.82) is 0 Å². The van der Waals surface area contributed by atoms with Crippen LogP contribution in [0.2, 0.25) is 0 Å². The van der Waals surface area contributed by atoms with Crippen LogP contribution in [0.25, 0.3) is 0 Å². The molecule has 6 rings (SSSR count). The summed E-state index contributed by atoms with van der Waals surface area (Å²) >= 11 is 0. The molecule has 68 heavy (non-hydrogen) atoms. The zero-order valence-corrected chi connectivity index (χ0v) is 31.9. The van der Waals surface area contributed by atoms with Gasteiger partial charge in [0, 0.05) is 0 Å². The molecule has 0 bridgehead atoms. The fourth-order valence-corrected chi connectivity index (χ4v) is 5.53. The van der Waals surface area contributed by atoms with Gasteiger partial charge in [0.15, 0.2) is 0 Å². The van der Waals surface area contributed by atoms with Gasteiger partial charge in [0.05, 0.1) is 12.8 Å². The summed E-state index contributed by atoms with van der Waals surface area (Å²) in [5.74, 6) is -10.1. The number of ether oxygens (including phenoxy) is 6. The number of carbonyl (C=O) groups excluding carboxylic acids is 6. The molecule has 6 aromatic carbocycles. The monoisotopic (exact) mass is 982 g/mol. The van der Waals surface area contributed by atoms with Crippen LogP contribution < -0.4 is 28.4 Å². The normalized spacial score (nSPS) is 9.47. The zero-order valence-electron chi connectivity index (χ0n) is 31.9. The third kappa shape index (κ3) is 18.0. The third-order valence-corrected chi connectivity index (χ3v) is 8.45.